The van der Waals surface area contributed by atoms with Crippen molar-refractivity contribution in [2.45, 2.75) is 13.8 Å². The van der Waals surface area contributed by atoms with E-state index in [-0.39, 0.29) is 5.69 Å². The fourth-order valence-electron chi connectivity index (χ4n) is 2.64. The smallest absolute Gasteiger partial charge is 0.268 e. The van der Waals surface area contributed by atoms with Crippen LogP contribution in [0.4, 0.5) is 11.4 Å². The number of aryl methyl sites for hydroxylation is 2. The van der Waals surface area contributed by atoms with Gasteiger partial charge in [0.2, 0.25) is 0 Å². The molecule has 0 bridgehead atoms. The van der Waals surface area contributed by atoms with Gasteiger partial charge in [-0.3, -0.25) is 19.7 Å². The molecule has 1 heterocycles. The minimum Gasteiger partial charge on any atom is -0.268 e. The Hall–Kier alpha value is -3.02. The number of rotatable bonds is 2. The molecule has 0 unspecified atom stereocenters. The molecule has 0 N–H and O–H groups in total. The number of carbonyl (C=O) groups is 2. The highest BCUT2D eigenvalue weighted by molar-refractivity contribution is 6.35. The van der Waals surface area contributed by atoms with Crippen LogP contribution < -0.4 is 4.90 Å². The third-order valence-electron chi connectivity index (χ3n) is 3.77. The van der Waals surface area contributed by atoms with E-state index in [0.29, 0.717) is 16.8 Å². The molecule has 0 aliphatic carbocycles. The number of benzene rings is 2. The standard InChI is InChI=1S/C16H12N2O4/c1-9-3-4-10(2)14-13(9)15(19)17(16(14)20)11-5-7-12(8-6-11)18(21)22/h3-8H,1-2H3. The number of amides is 2. The van der Waals surface area contributed by atoms with Gasteiger partial charge in [-0.15, -0.1) is 0 Å². The monoisotopic (exact) mass is 296 g/mol. The number of nitro benzene ring substituents is 1. The summed E-state index contributed by atoms with van der Waals surface area (Å²) in [6, 6.07) is 8.98. The molecule has 6 heteroatoms. The predicted octanol–water partition coefficient (Wildman–Crippen LogP) is 3.01. The predicted molar refractivity (Wildman–Crippen MR) is 80.2 cm³/mol. The summed E-state index contributed by atoms with van der Waals surface area (Å²) in [5, 5.41) is 10.7. The number of anilines is 1. The van der Waals surface area contributed by atoms with Crippen molar-refractivity contribution in [3.05, 3.63) is 68.8 Å². The first kappa shape index (κ1) is 13.9. The van der Waals surface area contributed by atoms with Crippen molar-refractivity contribution in [1.82, 2.24) is 0 Å². The van der Waals surface area contributed by atoms with Crippen LogP contribution in [0.3, 0.4) is 0 Å². The molecule has 1 aliphatic rings. The average molecular weight is 296 g/mol. The Balaban J connectivity index is 2.09. The van der Waals surface area contributed by atoms with E-state index in [9.17, 15) is 19.7 Å². The van der Waals surface area contributed by atoms with Crippen molar-refractivity contribution < 1.29 is 14.5 Å². The molecule has 0 atom stereocenters. The first-order chi connectivity index (χ1) is 10.4. The maximum Gasteiger partial charge on any atom is 0.269 e. The zero-order valence-corrected chi connectivity index (χ0v) is 12.0. The molecule has 0 saturated heterocycles. The molecule has 0 radical (unpaired) electrons. The van der Waals surface area contributed by atoms with Gasteiger partial charge in [-0.1, -0.05) is 12.1 Å². The largest absolute Gasteiger partial charge is 0.269 e. The average Bonchev–Trinajstić information content (AvgIpc) is 2.76. The van der Waals surface area contributed by atoms with Crippen molar-refractivity contribution in [2.75, 3.05) is 4.90 Å². The van der Waals surface area contributed by atoms with Crippen LogP contribution in [0.15, 0.2) is 36.4 Å². The van der Waals surface area contributed by atoms with E-state index in [4.69, 9.17) is 0 Å². The summed E-state index contributed by atoms with van der Waals surface area (Å²) in [6.07, 6.45) is 0. The van der Waals surface area contributed by atoms with Crippen molar-refractivity contribution in [2.24, 2.45) is 0 Å². The van der Waals surface area contributed by atoms with E-state index in [1.165, 1.54) is 24.3 Å². The van der Waals surface area contributed by atoms with Crippen LogP contribution in [-0.2, 0) is 0 Å². The summed E-state index contributed by atoms with van der Waals surface area (Å²) in [5.41, 5.74) is 2.53. The van der Waals surface area contributed by atoms with Crippen LogP contribution in [0.2, 0.25) is 0 Å². The van der Waals surface area contributed by atoms with Crippen LogP contribution in [0, 0.1) is 24.0 Å². The highest BCUT2D eigenvalue weighted by Crippen LogP contribution is 2.32. The number of non-ortho nitro benzene ring substituents is 1. The molecule has 1 aliphatic heterocycles. The van der Waals surface area contributed by atoms with Crippen molar-refractivity contribution in [1.29, 1.82) is 0 Å². The number of nitro groups is 1. The van der Waals surface area contributed by atoms with E-state index in [1.807, 2.05) is 0 Å². The number of fused-ring (bicyclic) bond motifs is 1. The van der Waals surface area contributed by atoms with Gasteiger partial charge >= 0.3 is 0 Å². The van der Waals surface area contributed by atoms with Crippen LogP contribution in [0.5, 0.6) is 0 Å². The topological polar surface area (TPSA) is 80.5 Å². The van der Waals surface area contributed by atoms with Crippen LogP contribution in [0.1, 0.15) is 31.8 Å². The lowest BCUT2D eigenvalue weighted by Gasteiger charge is -2.13. The number of imide groups is 1. The molecule has 0 aromatic heterocycles. The molecule has 2 aromatic carbocycles. The highest BCUT2D eigenvalue weighted by atomic mass is 16.6. The van der Waals surface area contributed by atoms with E-state index in [0.717, 1.165) is 16.0 Å². The lowest BCUT2D eigenvalue weighted by atomic mass is 9.99. The fourth-order valence-corrected chi connectivity index (χ4v) is 2.64. The Kier molecular flexibility index (Phi) is 3.02. The zero-order valence-electron chi connectivity index (χ0n) is 12.0. The van der Waals surface area contributed by atoms with Crippen molar-refractivity contribution >= 4 is 23.2 Å². The molecular formula is C16H12N2O4. The maximum atomic E-state index is 12.6. The molecule has 0 spiro atoms. The van der Waals surface area contributed by atoms with Gasteiger partial charge in [-0.25, -0.2) is 4.90 Å². The van der Waals surface area contributed by atoms with Gasteiger partial charge in [0.05, 0.1) is 21.7 Å². The quantitative estimate of drug-likeness (QED) is 0.484. The number of nitrogens with zero attached hydrogens (tertiary/aromatic N) is 2. The molecule has 3 rings (SSSR count). The zero-order chi connectivity index (χ0) is 16.0. The third-order valence-corrected chi connectivity index (χ3v) is 3.77. The summed E-state index contributed by atoms with van der Waals surface area (Å²) in [5.74, 6) is -0.787. The van der Waals surface area contributed by atoms with Crippen LogP contribution >= 0.6 is 0 Å². The van der Waals surface area contributed by atoms with Gasteiger partial charge in [0.25, 0.3) is 17.5 Å². The summed E-state index contributed by atoms with van der Waals surface area (Å²) in [6.45, 7) is 3.56. The third kappa shape index (κ3) is 1.88. The van der Waals surface area contributed by atoms with Gasteiger partial charge in [0, 0.05) is 12.1 Å². The molecular weight excluding hydrogens is 284 g/mol. The van der Waals surface area contributed by atoms with Crippen molar-refractivity contribution in [3.63, 3.8) is 0 Å². The first-order valence-electron chi connectivity index (χ1n) is 6.65. The first-order valence-corrected chi connectivity index (χ1v) is 6.65. The van der Waals surface area contributed by atoms with E-state index < -0.39 is 16.7 Å². The molecule has 2 amide bonds. The SMILES string of the molecule is Cc1ccc(C)c2c1C(=O)N(c1ccc([N+](=O)[O-])cc1)C2=O. The summed E-state index contributed by atoms with van der Waals surface area (Å²) < 4.78 is 0. The molecule has 110 valence electrons. The van der Waals surface area contributed by atoms with Crippen LogP contribution in [0.25, 0.3) is 0 Å². The number of hydrogen-bond donors (Lipinski definition) is 0. The van der Waals surface area contributed by atoms with Crippen LogP contribution in [-0.4, -0.2) is 16.7 Å². The summed E-state index contributed by atoms with van der Waals surface area (Å²) >= 11 is 0. The molecule has 0 fully saturated rings. The Morgan fingerprint density at radius 3 is 1.73 bits per heavy atom. The summed E-state index contributed by atoms with van der Waals surface area (Å²) in [4.78, 5) is 36.4. The second kappa shape index (κ2) is 4.77. The van der Waals surface area contributed by atoms with Crippen molar-refractivity contribution in [3.8, 4) is 0 Å². The van der Waals surface area contributed by atoms with Gasteiger partial charge in [0.1, 0.15) is 0 Å². The number of hydrogen-bond acceptors (Lipinski definition) is 4. The van der Waals surface area contributed by atoms with E-state index in [2.05, 4.69) is 0 Å². The lowest BCUT2D eigenvalue weighted by Crippen LogP contribution is -2.29. The molecule has 0 saturated carbocycles. The van der Waals surface area contributed by atoms with Gasteiger partial charge in [0.15, 0.2) is 0 Å². The normalized spacial score (nSPS) is 13.5. The van der Waals surface area contributed by atoms with E-state index >= 15 is 0 Å². The molecule has 2 aromatic rings. The molecule has 22 heavy (non-hydrogen) atoms. The highest BCUT2D eigenvalue weighted by Gasteiger charge is 2.38. The second-order valence-corrected chi connectivity index (χ2v) is 5.17. The van der Waals surface area contributed by atoms with Gasteiger partial charge in [-0.2, -0.15) is 0 Å². The minimum absolute atomic E-state index is 0.0901. The second-order valence-electron chi connectivity index (χ2n) is 5.17. The lowest BCUT2D eigenvalue weighted by molar-refractivity contribution is -0.384. The molecule has 6 nitrogen and oxygen atoms in total. The fraction of sp³-hybridized carbons (Fsp3) is 0.125. The Morgan fingerprint density at radius 1 is 0.864 bits per heavy atom. The Labute approximate surface area is 126 Å². The van der Waals surface area contributed by atoms with E-state index in [1.54, 1.807) is 26.0 Å². The Bertz CT molecular complexity index is 784. The van der Waals surface area contributed by atoms with Gasteiger partial charge < -0.3 is 0 Å². The number of carbonyl (C=O) groups excluding carboxylic acids is 2. The summed E-state index contributed by atoms with van der Waals surface area (Å²) in [7, 11) is 0. The van der Waals surface area contributed by atoms with Gasteiger partial charge in [-0.05, 0) is 37.1 Å². The minimum atomic E-state index is -0.527. The Morgan fingerprint density at radius 2 is 1.32 bits per heavy atom. The maximum absolute atomic E-state index is 12.6.